The zero-order valence-electron chi connectivity index (χ0n) is 22.1. The van der Waals surface area contributed by atoms with Gasteiger partial charge in [0, 0.05) is 38.1 Å². The summed E-state index contributed by atoms with van der Waals surface area (Å²) < 4.78 is 26.9. The van der Waals surface area contributed by atoms with E-state index in [1.807, 2.05) is 20.8 Å². The number of Topliss-reactive ketones (excluding diaryl/α,β-unsaturated/α-hetero) is 2. The number of likely N-dealkylation sites (tertiary alicyclic amines) is 1. The second-order valence-corrected chi connectivity index (χ2v) is 14.7. The first-order valence-electron chi connectivity index (χ1n) is 13.4. The Morgan fingerprint density at radius 1 is 1.16 bits per heavy atom. The average Bonchev–Trinajstić information content (AvgIpc) is 3.66. The monoisotopic (exact) mass is 536 g/mol. The summed E-state index contributed by atoms with van der Waals surface area (Å²) in [5, 5.41) is 9.85. The van der Waals surface area contributed by atoms with E-state index in [1.54, 1.807) is 6.08 Å². The molecule has 1 heterocycles. The zero-order valence-corrected chi connectivity index (χ0v) is 22.9. The van der Waals surface area contributed by atoms with E-state index in [9.17, 15) is 32.7 Å². The lowest BCUT2D eigenvalue weighted by molar-refractivity contribution is -0.146. The van der Waals surface area contributed by atoms with Crippen molar-refractivity contribution in [2.75, 3.05) is 6.54 Å². The third kappa shape index (κ3) is 6.16. The van der Waals surface area contributed by atoms with E-state index in [0.29, 0.717) is 31.6 Å². The maximum Gasteiger partial charge on any atom is 0.240 e. The molecule has 0 aromatic carbocycles. The van der Waals surface area contributed by atoms with Crippen molar-refractivity contribution in [3.8, 4) is 0 Å². The first-order chi connectivity index (χ1) is 17.2. The van der Waals surface area contributed by atoms with Gasteiger partial charge in [-0.25, -0.2) is 8.42 Å². The molecule has 0 radical (unpaired) electrons. The molecule has 0 bridgehead atoms. The van der Waals surface area contributed by atoms with Crippen molar-refractivity contribution in [1.82, 2.24) is 9.62 Å². The lowest BCUT2D eigenvalue weighted by Gasteiger charge is -2.35. The van der Waals surface area contributed by atoms with E-state index in [4.69, 9.17) is 0 Å². The normalized spacial score (nSPS) is 30.5. The summed E-state index contributed by atoms with van der Waals surface area (Å²) in [7, 11) is -3.77. The first-order valence-corrected chi connectivity index (χ1v) is 14.9. The van der Waals surface area contributed by atoms with Gasteiger partial charge in [0.05, 0.1) is 22.8 Å². The summed E-state index contributed by atoms with van der Waals surface area (Å²) in [5.41, 5.74) is -1.74. The average molecular weight is 537 g/mol. The van der Waals surface area contributed by atoms with Crippen LogP contribution in [0.5, 0.6) is 0 Å². The van der Waals surface area contributed by atoms with Gasteiger partial charge in [-0.1, -0.05) is 26.8 Å². The van der Waals surface area contributed by atoms with Gasteiger partial charge in [0.15, 0.2) is 5.78 Å². The molecule has 3 saturated carbocycles. The van der Waals surface area contributed by atoms with E-state index >= 15 is 0 Å². The Bertz CT molecular complexity index is 1090. The van der Waals surface area contributed by atoms with Gasteiger partial charge in [0.25, 0.3) is 0 Å². The van der Waals surface area contributed by atoms with Gasteiger partial charge in [-0.2, -0.15) is 0 Å². The molecule has 0 aromatic rings. The van der Waals surface area contributed by atoms with Gasteiger partial charge in [-0.05, 0) is 49.4 Å². The van der Waals surface area contributed by atoms with Gasteiger partial charge in [-0.15, -0.1) is 6.58 Å². The van der Waals surface area contributed by atoms with Gasteiger partial charge in [-0.3, -0.25) is 23.9 Å². The van der Waals surface area contributed by atoms with Crippen LogP contribution in [0.4, 0.5) is 0 Å². The number of allylic oxidation sites excluding steroid dienone is 1. The van der Waals surface area contributed by atoms with Crippen LogP contribution in [0, 0.1) is 28.6 Å². The van der Waals surface area contributed by atoms with Crippen LogP contribution in [-0.2, 0) is 29.2 Å². The third-order valence-corrected chi connectivity index (χ3v) is 10.3. The number of hydrogen-bond donors (Lipinski definition) is 2. The molecule has 2 N–H and O–H groups in total. The van der Waals surface area contributed by atoms with Crippen molar-refractivity contribution in [2.24, 2.45) is 28.6 Å². The van der Waals surface area contributed by atoms with Crippen LogP contribution >= 0.6 is 0 Å². The Kier molecular flexibility index (Phi) is 7.49. The second-order valence-electron chi connectivity index (χ2n) is 12.7. The van der Waals surface area contributed by atoms with Crippen LogP contribution in [0.15, 0.2) is 12.7 Å². The molecule has 4 aliphatic rings. The smallest absolute Gasteiger partial charge is 0.240 e. The van der Waals surface area contributed by atoms with E-state index in [0.717, 1.165) is 12.8 Å². The van der Waals surface area contributed by atoms with E-state index in [-0.39, 0.29) is 49.2 Å². The number of β-amino-alcohol motifs (C(OH)–C–C–N with tert-alkyl or cyclic N) is 1. The summed E-state index contributed by atoms with van der Waals surface area (Å²) in [5.74, 6) is -1.95. The largest absolute Gasteiger partial charge is 0.391 e. The van der Waals surface area contributed by atoms with Crippen molar-refractivity contribution in [3.63, 3.8) is 0 Å². The molecule has 1 unspecified atom stereocenters. The number of carbonyl (C=O) groups excluding carboxylic acids is 4. The van der Waals surface area contributed by atoms with Crippen molar-refractivity contribution in [3.05, 3.63) is 12.7 Å². The molecule has 0 aromatic heterocycles. The summed E-state index contributed by atoms with van der Waals surface area (Å²) in [4.78, 5) is 54.4. The predicted molar refractivity (Wildman–Crippen MR) is 136 cm³/mol. The van der Waals surface area contributed by atoms with Crippen LogP contribution in [0.3, 0.4) is 0 Å². The van der Waals surface area contributed by atoms with E-state index < -0.39 is 50.1 Å². The summed E-state index contributed by atoms with van der Waals surface area (Å²) in [6, 6.07) is -0.929. The van der Waals surface area contributed by atoms with Gasteiger partial charge in [0.2, 0.25) is 21.8 Å². The maximum atomic E-state index is 13.7. The number of rotatable bonds is 12. The van der Waals surface area contributed by atoms with Crippen LogP contribution in [-0.4, -0.2) is 65.7 Å². The molecule has 3 aliphatic carbocycles. The quantitative estimate of drug-likeness (QED) is 0.365. The highest BCUT2D eigenvalue weighted by Gasteiger charge is 2.61. The topological polar surface area (TPSA) is 138 Å². The number of nitrogens with one attached hydrogen (secondary N) is 1. The Morgan fingerprint density at radius 2 is 1.81 bits per heavy atom. The van der Waals surface area contributed by atoms with E-state index in [1.165, 1.54) is 4.90 Å². The fraction of sp³-hybridized carbons (Fsp3) is 0.778. The minimum Gasteiger partial charge on any atom is -0.391 e. The number of ketones is 2. The van der Waals surface area contributed by atoms with Crippen LogP contribution in [0.2, 0.25) is 0 Å². The molecule has 10 heteroatoms. The maximum absolute atomic E-state index is 13.7. The standard InChI is InChI=1S/C27H40N2O7S/c1-5-17-13-27(17,25(34)28-37(35,36)20-8-9-20)14-23(32)22-12-19(31)15-29(22)24(33)21(26(2,3)4)11-18(30)10-16-6-7-16/h5,16-17,19-22,31H,1,6-15H2,2-4H3,(H,28,34)/t17?,19-,21-,22+,27-/m1/s1. The predicted octanol–water partition coefficient (Wildman–Crippen LogP) is 2.13. The third-order valence-electron chi connectivity index (χ3n) is 8.48. The minimum atomic E-state index is -3.77. The molecule has 4 fully saturated rings. The van der Waals surface area contributed by atoms with Crippen molar-refractivity contribution in [1.29, 1.82) is 0 Å². The number of sulfonamides is 1. The van der Waals surface area contributed by atoms with Crippen molar-refractivity contribution < 1.29 is 32.7 Å². The van der Waals surface area contributed by atoms with Crippen molar-refractivity contribution >= 4 is 33.4 Å². The zero-order chi connectivity index (χ0) is 27.3. The lowest BCUT2D eigenvalue weighted by Crippen LogP contribution is -2.48. The Balaban J connectivity index is 1.49. The molecule has 1 saturated heterocycles. The fourth-order valence-electron chi connectivity index (χ4n) is 5.59. The fourth-order valence-corrected chi connectivity index (χ4v) is 6.97. The number of aliphatic hydroxyl groups is 1. The van der Waals surface area contributed by atoms with Crippen LogP contribution < -0.4 is 4.72 Å². The highest BCUT2D eigenvalue weighted by atomic mass is 32.2. The summed E-state index contributed by atoms with van der Waals surface area (Å²) >= 11 is 0. The number of hydrogen-bond acceptors (Lipinski definition) is 7. The molecular weight excluding hydrogens is 496 g/mol. The number of amides is 2. The summed E-state index contributed by atoms with van der Waals surface area (Å²) in [6.07, 6.45) is 4.44. The second kappa shape index (κ2) is 9.91. The lowest BCUT2D eigenvalue weighted by atomic mass is 9.76. The molecule has 1 aliphatic heterocycles. The molecular formula is C27H40N2O7S. The Hall–Kier alpha value is -2.07. The van der Waals surface area contributed by atoms with Crippen LogP contribution in [0.25, 0.3) is 0 Å². The highest BCUT2D eigenvalue weighted by molar-refractivity contribution is 7.90. The molecule has 37 heavy (non-hydrogen) atoms. The molecule has 0 spiro atoms. The SMILES string of the molecule is C=CC1C[C@]1(CC(=O)[C@@H]1C[C@@H](O)CN1C(=O)[C@@H](CC(=O)CC1CC1)C(C)(C)C)C(=O)NS(=O)(=O)C1CC1. The number of aliphatic hydroxyl groups excluding tert-OH is 1. The highest BCUT2D eigenvalue weighted by Crippen LogP contribution is 2.57. The Labute approximate surface area is 219 Å². The van der Waals surface area contributed by atoms with Crippen molar-refractivity contribution in [2.45, 2.75) is 96.0 Å². The van der Waals surface area contributed by atoms with Gasteiger partial charge >= 0.3 is 0 Å². The van der Waals surface area contributed by atoms with Crippen LogP contribution in [0.1, 0.15) is 78.6 Å². The number of carbonyl (C=O) groups is 4. The van der Waals surface area contributed by atoms with Gasteiger partial charge in [0.1, 0.15) is 5.78 Å². The molecule has 2 amide bonds. The molecule has 206 valence electrons. The Morgan fingerprint density at radius 3 is 2.32 bits per heavy atom. The van der Waals surface area contributed by atoms with E-state index in [2.05, 4.69) is 11.3 Å². The first kappa shape index (κ1) is 28.0. The molecule has 4 rings (SSSR count). The van der Waals surface area contributed by atoms with Gasteiger partial charge < -0.3 is 10.0 Å². The molecule has 5 atom stereocenters. The minimum absolute atomic E-state index is 0.0151. The summed E-state index contributed by atoms with van der Waals surface area (Å²) in [6.45, 7) is 9.39. The molecule has 9 nitrogen and oxygen atoms in total. The number of nitrogens with zero attached hydrogens (tertiary/aromatic N) is 1.